The molecule has 610 valence electrons. The minimum Gasteiger partial charge on any atom is -0.309 e. The summed E-state index contributed by atoms with van der Waals surface area (Å²) in [4.78, 5) is 21.9. The van der Waals surface area contributed by atoms with Crippen LogP contribution in [0.25, 0.3) is 275 Å². The van der Waals surface area contributed by atoms with Gasteiger partial charge in [-0.1, -0.05) is 322 Å². The van der Waals surface area contributed by atoms with E-state index in [2.05, 4.69) is 467 Å². The van der Waals surface area contributed by atoms with Gasteiger partial charge in [0.15, 0.2) is 0 Å². The van der Waals surface area contributed by atoms with Crippen molar-refractivity contribution in [3.05, 3.63) is 449 Å². The van der Waals surface area contributed by atoms with Crippen molar-refractivity contribution in [2.45, 2.75) is 0 Å². The maximum Gasteiger partial charge on any atom is 0.0978 e. The summed E-state index contributed by atoms with van der Waals surface area (Å²) in [5.41, 5.74) is 34.0. The van der Waals surface area contributed by atoms with Crippen LogP contribution in [0.4, 0.5) is 0 Å². The summed E-state index contributed by atoms with van der Waals surface area (Å²) in [5, 5.41) is 20.5. The molecule has 0 spiro atoms. The van der Waals surface area contributed by atoms with Crippen molar-refractivity contribution >= 4 is 174 Å². The SMILES string of the molecule is c1ccc(-c2c3ccccc3nc3c2ccc2ccc(-c4ccc5cc(-c6cc(-n7c8ccccc8c8ccccc87)cc(-n7c8ccccc8c8cc(-c9cccc%10c9c9ccccc9n%10-c9cc(-c%10ccc(-c%11ccc%12ccc%13c(-c%14ccccc%14)c%14ccccc%14nc%13c%12n%11)c%11ccccc%10%11)cc(-n%10c%11ccccc%11c%11ccccc%11%10)c9)ccc87)c6)ccc5c4)nc23)cc1. The van der Waals surface area contributed by atoms with Gasteiger partial charge < -0.3 is 18.3 Å². The molecule has 0 radical (unpaired) electrons. The molecule has 8 aromatic heterocycles. The quantitative estimate of drug-likeness (QED) is 0.0956. The van der Waals surface area contributed by atoms with Crippen molar-refractivity contribution in [2.24, 2.45) is 0 Å². The summed E-state index contributed by atoms with van der Waals surface area (Å²) in [5.74, 6) is 0. The third-order valence-electron chi connectivity index (χ3n) is 27.8. The van der Waals surface area contributed by atoms with E-state index in [0.717, 1.165) is 221 Å². The van der Waals surface area contributed by atoms with Crippen LogP contribution in [0.5, 0.6) is 0 Å². The highest BCUT2D eigenvalue weighted by Gasteiger charge is 2.26. The molecule has 0 bridgehead atoms. The van der Waals surface area contributed by atoms with Gasteiger partial charge in [-0.25, -0.2) is 19.9 Å². The number of hydrogen-bond donors (Lipinski definition) is 0. The summed E-state index contributed by atoms with van der Waals surface area (Å²) in [6.07, 6.45) is 0. The molecular weight excluding hydrogens is 1600 g/mol. The maximum atomic E-state index is 5.65. The first kappa shape index (κ1) is 73.5. The molecule has 0 saturated heterocycles. The zero-order valence-electron chi connectivity index (χ0n) is 71.3. The highest BCUT2D eigenvalue weighted by Crippen LogP contribution is 2.49. The van der Waals surface area contributed by atoms with Crippen LogP contribution in [0.15, 0.2) is 449 Å². The number of hydrogen-bond acceptors (Lipinski definition) is 4. The first-order valence-electron chi connectivity index (χ1n) is 45.2. The number of aromatic nitrogens is 8. The molecule has 132 heavy (non-hydrogen) atoms. The number of fused-ring (bicyclic) bond motifs is 22. The Morgan fingerprint density at radius 2 is 0.515 bits per heavy atom. The van der Waals surface area contributed by atoms with Gasteiger partial charge in [0.25, 0.3) is 0 Å². The molecule has 0 aliphatic heterocycles. The highest BCUT2D eigenvalue weighted by molar-refractivity contribution is 6.22. The second kappa shape index (κ2) is 28.9. The summed E-state index contributed by atoms with van der Waals surface area (Å²) < 4.78 is 9.94. The van der Waals surface area contributed by atoms with Gasteiger partial charge in [0.2, 0.25) is 0 Å². The fourth-order valence-corrected chi connectivity index (χ4v) is 22.0. The summed E-state index contributed by atoms with van der Waals surface area (Å²) in [6, 6.07) is 165. The molecule has 0 atom stereocenters. The number of nitrogens with zero attached hydrogens (tertiary/aromatic N) is 8. The average molecular weight is 1680 g/mol. The lowest BCUT2D eigenvalue weighted by Gasteiger charge is -2.18. The molecule has 0 saturated carbocycles. The lowest BCUT2D eigenvalue weighted by atomic mass is 9.92. The molecule has 8 heteroatoms. The second-order valence-electron chi connectivity index (χ2n) is 35.0. The second-order valence-corrected chi connectivity index (χ2v) is 35.0. The van der Waals surface area contributed by atoms with E-state index < -0.39 is 0 Å². The summed E-state index contributed by atoms with van der Waals surface area (Å²) in [7, 11) is 0. The van der Waals surface area contributed by atoms with Crippen LogP contribution in [-0.4, -0.2) is 38.2 Å². The lowest BCUT2D eigenvalue weighted by molar-refractivity contribution is 1.13. The summed E-state index contributed by atoms with van der Waals surface area (Å²) in [6.45, 7) is 0. The van der Waals surface area contributed by atoms with Crippen molar-refractivity contribution in [1.29, 1.82) is 0 Å². The molecule has 0 aliphatic carbocycles. The van der Waals surface area contributed by atoms with E-state index in [1.54, 1.807) is 0 Å². The monoisotopic (exact) mass is 1670 g/mol. The minimum atomic E-state index is 0.876. The van der Waals surface area contributed by atoms with Crippen LogP contribution in [0.3, 0.4) is 0 Å². The Bertz CT molecular complexity index is 9710. The van der Waals surface area contributed by atoms with Gasteiger partial charge in [0, 0.05) is 120 Å². The largest absolute Gasteiger partial charge is 0.309 e. The molecule has 28 aromatic rings. The summed E-state index contributed by atoms with van der Waals surface area (Å²) >= 11 is 0. The molecule has 0 amide bonds. The van der Waals surface area contributed by atoms with Crippen LogP contribution < -0.4 is 0 Å². The Hall–Kier alpha value is -17.7. The van der Waals surface area contributed by atoms with Crippen molar-refractivity contribution in [3.63, 3.8) is 0 Å². The Morgan fingerprint density at radius 1 is 0.152 bits per heavy atom. The van der Waals surface area contributed by atoms with E-state index in [1.165, 1.54) is 54.2 Å². The van der Waals surface area contributed by atoms with Gasteiger partial charge in [-0.05, 0) is 193 Å². The zero-order valence-corrected chi connectivity index (χ0v) is 71.3. The van der Waals surface area contributed by atoms with Crippen LogP contribution in [-0.2, 0) is 0 Å². The van der Waals surface area contributed by atoms with Gasteiger partial charge in [-0.15, -0.1) is 0 Å². The molecule has 0 unspecified atom stereocenters. The van der Waals surface area contributed by atoms with Crippen molar-refractivity contribution in [1.82, 2.24) is 38.2 Å². The number of benzene rings is 20. The zero-order chi connectivity index (χ0) is 86.3. The van der Waals surface area contributed by atoms with E-state index in [-0.39, 0.29) is 0 Å². The normalized spacial score (nSPS) is 12.1. The van der Waals surface area contributed by atoms with E-state index in [9.17, 15) is 0 Å². The van der Waals surface area contributed by atoms with Gasteiger partial charge in [0.1, 0.15) is 0 Å². The predicted octanol–water partition coefficient (Wildman–Crippen LogP) is 32.5. The number of rotatable bonds is 11. The van der Waals surface area contributed by atoms with Crippen molar-refractivity contribution in [2.75, 3.05) is 0 Å². The molecule has 0 aliphatic rings. The van der Waals surface area contributed by atoms with E-state index >= 15 is 0 Å². The standard InChI is InChI=1S/C124H74N8/c1-3-26-75(27-4-1)118-100-37-9-17-41-107(100)127-123-103(118)59-54-77-56-63-106(125-121(77)123)83-53-52-79-66-81(51-50-80(79)67-83)84-68-86(129-110-43-19-11-32-95(110)96-33-12-20-44-111(96)129)73-87(69-84)131-114-47-23-15-36-99(114)105-72-82(58-65-116(105)131)91-40-25-49-117-120(91)102-39-16-24-48-115(102)132(117)89-71-85(70-88(74-89)130-112-45-21-13-34-97(112)98-35-14-22-46-113(98)130)90-61-62-94(93-31-8-7-30-92(90)93)109-64-57-78-55-60-104-119(76-28-5-2-6-29-76)101-38-10-18-42-108(101)128-124(104)122(78)126-109/h1-74H. The number of pyridine rings is 4. The van der Waals surface area contributed by atoms with Gasteiger partial charge in [0.05, 0.1) is 88.6 Å². The Balaban J connectivity index is 0.589. The molecular formula is C124H74N8. The topological polar surface area (TPSA) is 71.3 Å². The van der Waals surface area contributed by atoms with E-state index in [4.69, 9.17) is 19.9 Å². The average Bonchev–Trinajstić information content (AvgIpc) is 1.37. The van der Waals surface area contributed by atoms with E-state index in [1.807, 2.05) is 0 Å². The number of para-hydroxylation sites is 8. The van der Waals surface area contributed by atoms with Crippen molar-refractivity contribution in [3.8, 4) is 101 Å². The molecule has 20 aromatic carbocycles. The Kier molecular flexibility index (Phi) is 16.1. The molecule has 8 heterocycles. The third kappa shape index (κ3) is 11.3. The fourth-order valence-electron chi connectivity index (χ4n) is 22.0. The van der Waals surface area contributed by atoms with Crippen LogP contribution in [0, 0.1) is 0 Å². The predicted molar refractivity (Wildman–Crippen MR) is 553 cm³/mol. The smallest absolute Gasteiger partial charge is 0.0978 e. The first-order chi connectivity index (χ1) is 65.4. The Morgan fingerprint density at radius 3 is 1.04 bits per heavy atom. The van der Waals surface area contributed by atoms with Crippen LogP contribution >= 0.6 is 0 Å². The fraction of sp³-hybridized carbons (Fsp3) is 0. The minimum absolute atomic E-state index is 0.876. The van der Waals surface area contributed by atoms with Gasteiger partial charge in [-0.2, -0.15) is 0 Å². The van der Waals surface area contributed by atoms with E-state index in [0.29, 0.717) is 0 Å². The van der Waals surface area contributed by atoms with Crippen molar-refractivity contribution < 1.29 is 0 Å². The third-order valence-corrected chi connectivity index (χ3v) is 27.8. The lowest BCUT2D eigenvalue weighted by Crippen LogP contribution is -2.00. The first-order valence-corrected chi connectivity index (χ1v) is 45.2. The van der Waals surface area contributed by atoms with Crippen LogP contribution in [0.2, 0.25) is 0 Å². The van der Waals surface area contributed by atoms with Crippen LogP contribution in [0.1, 0.15) is 0 Å². The highest BCUT2D eigenvalue weighted by atomic mass is 15.0. The molecule has 0 fully saturated rings. The molecule has 0 N–H and O–H groups in total. The maximum absolute atomic E-state index is 5.65. The molecule has 28 rings (SSSR count). The van der Waals surface area contributed by atoms with Gasteiger partial charge in [-0.3, -0.25) is 0 Å². The van der Waals surface area contributed by atoms with Gasteiger partial charge >= 0.3 is 0 Å². The Labute approximate surface area is 757 Å². The molecule has 8 nitrogen and oxygen atoms in total.